The maximum atomic E-state index is 12.6. The summed E-state index contributed by atoms with van der Waals surface area (Å²) in [5, 5.41) is 2.74. The first-order valence-electron chi connectivity index (χ1n) is 7.68. The van der Waals surface area contributed by atoms with Gasteiger partial charge < -0.3 is 11.1 Å². The van der Waals surface area contributed by atoms with Crippen LogP contribution in [0.2, 0.25) is 0 Å². The van der Waals surface area contributed by atoms with Crippen LogP contribution >= 0.6 is 0 Å². The number of nitrogens with zero attached hydrogens (tertiary/aromatic N) is 1. The molecule has 0 fully saturated rings. The fraction of sp³-hybridized carbons (Fsp3) is 0.105. The van der Waals surface area contributed by atoms with Crippen molar-refractivity contribution in [3.8, 4) is 0 Å². The smallest absolute Gasteiger partial charge is 0.224 e. The van der Waals surface area contributed by atoms with Crippen molar-refractivity contribution in [2.24, 2.45) is 10.7 Å². The normalized spacial score (nSPS) is 14.2. The Morgan fingerprint density at radius 1 is 1.17 bits per heavy atom. The number of ketones is 1. The van der Waals surface area contributed by atoms with Crippen LogP contribution in [0.15, 0.2) is 59.6 Å². The maximum Gasteiger partial charge on any atom is 0.224 e. The Kier molecular flexibility index (Phi) is 4.24. The van der Waals surface area contributed by atoms with Gasteiger partial charge in [-0.1, -0.05) is 37.3 Å². The predicted molar refractivity (Wildman–Crippen MR) is 95.4 cm³/mol. The number of aliphatic imine (C=N–C) groups is 1. The van der Waals surface area contributed by atoms with E-state index in [1.165, 1.54) is 6.08 Å². The summed E-state index contributed by atoms with van der Waals surface area (Å²) in [6, 6.07) is 14.3. The van der Waals surface area contributed by atoms with Gasteiger partial charge in [0.05, 0.1) is 5.69 Å². The lowest BCUT2D eigenvalue weighted by molar-refractivity contribution is -0.115. The molecule has 0 aromatic heterocycles. The third-order valence-corrected chi connectivity index (χ3v) is 3.74. The quantitative estimate of drug-likeness (QED) is 0.670. The average molecular weight is 319 g/mol. The number of anilines is 1. The number of carbonyl (C=O) groups is 2. The van der Waals surface area contributed by atoms with Gasteiger partial charge in [-0.15, -0.1) is 0 Å². The number of para-hydroxylation sites is 1. The second kappa shape index (κ2) is 6.50. The zero-order valence-corrected chi connectivity index (χ0v) is 13.2. The number of hydrogen-bond donors (Lipinski definition) is 2. The van der Waals surface area contributed by atoms with Crippen LogP contribution in [0.3, 0.4) is 0 Å². The van der Waals surface area contributed by atoms with E-state index in [1.54, 1.807) is 31.2 Å². The zero-order valence-electron chi connectivity index (χ0n) is 13.2. The summed E-state index contributed by atoms with van der Waals surface area (Å²) in [6.07, 6.45) is 1.87. The topological polar surface area (TPSA) is 84.5 Å². The molecule has 3 N–H and O–H groups in total. The highest BCUT2D eigenvalue weighted by Crippen LogP contribution is 2.33. The third kappa shape index (κ3) is 3.10. The Morgan fingerprint density at radius 3 is 2.75 bits per heavy atom. The molecule has 0 radical (unpaired) electrons. The molecule has 0 bridgehead atoms. The lowest BCUT2D eigenvalue weighted by Gasteiger charge is -2.05. The number of amidine groups is 1. The first kappa shape index (κ1) is 15.7. The molecule has 0 aliphatic carbocycles. The highest BCUT2D eigenvalue weighted by molar-refractivity contribution is 6.31. The van der Waals surface area contributed by atoms with Gasteiger partial charge in [-0.05, 0) is 24.3 Å². The number of hydrogen-bond acceptors (Lipinski definition) is 4. The van der Waals surface area contributed by atoms with E-state index >= 15 is 0 Å². The summed E-state index contributed by atoms with van der Waals surface area (Å²) in [4.78, 5) is 28.3. The van der Waals surface area contributed by atoms with Gasteiger partial charge in [-0.2, -0.15) is 0 Å². The number of amides is 1. The van der Waals surface area contributed by atoms with Crippen molar-refractivity contribution >= 4 is 34.5 Å². The zero-order chi connectivity index (χ0) is 17.1. The first-order chi connectivity index (χ1) is 11.6. The molecule has 24 heavy (non-hydrogen) atoms. The fourth-order valence-electron chi connectivity index (χ4n) is 2.49. The van der Waals surface area contributed by atoms with Gasteiger partial charge in [-0.3, -0.25) is 9.59 Å². The van der Waals surface area contributed by atoms with Crippen molar-refractivity contribution in [3.05, 3.63) is 65.7 Å². The number of fused-ring (bicyclic) bond motifs is 1. The Bertz CT molecular complexity index is 882. The van der Waals surface area contributed by atoms with Gasteiger partial charge in [0, 0.05) is 28.8 Å². The van der Waals surface area contributed by atoms with Crippen molar-refractivity contribution in [1.29, 1.82) is 0 Å². The van der Waals surface area contributed by atoms with E-state index in [0.717, 1.165) is 11.3 Å². The minimum absolute atomic E-state index is 0.0981. The molecule has 0 saturated carbocycles. The summed E-state index contributed by atoms with van der Waals surface area (Å²) in [5.41, 5.74) is 9.25. The molecule has 0 unspecified atom stereocenters. The molecule has 1 aliphatic heterocycles. The number of carbonyl (C=O) groups excluding carboxylic acids is 2. The Hall–Kier alpha value is -3.21. The third-order valence-electron chi connectivity index (χ3n) is 3.74. The molecule has 2 aromatic carbocycles. The fourth-order valence-corrected chi connectivity index (χ4v) is 2.49. The molecule has 1 aliphatic rings. The van der Waals surface area contributed by atoms with Crippen LogP contribution in [-0.4, -0.2) is 17.5 Å². The minimum Gasteiger partial charge on any atom is -0.383 e. The number of allylic oxidation sites excluding steroid dienone is 1. The van der Waals surface area contributed by atoms with Crippen molar-refractivity contribution in [2.75, 3.05) is 5.32 Å². The first-order valence-corrected chi connectivity index (χ1v) is 7.68. The molecule has 3 rings (SSSR count). The van der Waals surface area contributed by atoms with E-state index < -0.39 is 0 Å². The lowest BCUT2D eigenvalue weighted by atomic mass is 10.0. The molecule has 1 amide bonds. The largest absolute Gasteiger partial charge is 0.383 e. The van der Waals surface area contributed by atoms with Crippen molar-refractivity contribution in [3.63, 3.8) is 0 Å². The molecule has 2 aromatic rings. The number of benzene rings is 2. The van der Waals surface area contributed by atoms with Crippen LogP contribution in [0.25, 0.3) is 5.57 Å². The van der Waals surface area contributed by atoms with Gasteiger partial charge in [0.15, 0.2) is 5.78 Å². The molecule has 5 nitrogen and oxygen atoms in total. The monoisotopic (exact) mass is 319 g/mol. The Morgan fingerprint density at radius 2 is 1.96 bits per heavy atom. The average Bonchev–Trinajstić information content (AvgIpc) is 2.90. The van der Waals surface area contributed by atoms with E-state index in [-0.39, 0.29) is 11.7 Å². The van der Waals surface area contributed by atoms with E-state index in [1.807, 2.05) is 24.3 Å². The number of rotatable bonds is 4. The van der Waals surface area contributed by atoms with Crippen LogP contribution in [0.5, 0.6) is 0 Å². The molecule has 1 heterocycles. The van der Waals surface area contributed by atoms with Crippen LogP contribution < -0.4 is 11.1 Å². The maximum absolute atomic E-state index is 12.6. The highest BCUT2D eigenvalue weighted by atomic mass is 16.1. The Balaban J connectivity index is 1.89. The van der Waals surface area contributed by atoms with Crippen LogP contribution in [0.4, 0.5) is 11.4 Å². The summed E-state index contributed by atoms with van der Waals surface area (Å²) in [5.74, 6) is 0.0477. The summed E-state index contributed by atoms with van der Waals surface area (Å²) >= 11 is 0. The number of nitrogens with one attached hydrogen (secondary N) is 1. The molecule has 120 valence electrons. The lowest BCUT2D eigenvalue weighted by Crippen LogP contribution is -2.12. The minimum atomic E-state index is -0.188. The van der Waals surface area contributed by atoms with Crippen molar-refractivity contribution in [2.45, 2.75) is 13.3 Å². The molecule has 5 heteroatoms. The summed E-state index contributed by atoms with van der Waals surface area (Å²) < 4.78 is 0. The van der Waals surface area contributed by atoms with Crippen LogP contribution in [-0.2, 0) is 4.79 Å². The second-order valence-electron chi connectivity index (χ2n) is 5.42. The highest BCUT2D eigenvalue weighted by Gasteiger charge is 2.19. The molecular weight excluding hydrogens is 302 g/mol. The molecule has 0 atom stereocenters. The predicted octanol–water partition coefficient (Wildman–Crippen LogP) is 3.30. The van der Waals surface area contributed by atoms with Crippen LogP contribution in [0, 0.1) is 0 Å². The van der Waals surface area contributed by atoms with Gasteiger partial charge in [0.25, 0.3) is 0 Å². The van der Waals surface area contributed by atoms with Gasteiger partial charge in [0.1, 0.15) is 5.84 Å². The molecular formula is C19H17N3O2. The van der Waals surface area contributed by atoms with E-state index in [9.17, 15) is 9.59 Å². The Labute approximate surface area is 139 Å². The van der Waals surface area contributed by atoms with Gasteiger partial charge >= 0.3 is 0 Å². The summed E-state index contributed by atoms with van der Waals surface area (Å²) in [6.45, 7) is 1.77. The second-order valence-corrected chi connectivity index (χ2v) is 5.42. The summed E-state index contributed by atoms with van der Waals surface area (Å²) in [7, 11) is 0. The van der Waals surface area contributed by atoms with E-state index in [2.05, 4.69) is 10.3 Å². The van der Waals surface area contributed by atoms with Gasteiger partial charge in [0.2, 0.25) is 5.91 Å². The van der Waals surface area contributed by atoms with Crippen LogP contribution in [0.1, 0.15) is 29.3 Å². The van der Waals surface area contributed by atoms with Gasteiger partial charge in [-0.25, -0.2) is 4.99 Å². The van der Waals surface area contributed by atoms with E-state index in [0.29, 0.717) is 29.1 Å². The SMILES string of the molecule is CCC(=O)Nc1cccc(C(=O)/C=C2/C(N)=Nc3ccccc32)c1. The number of nitrogens with two attached hydrogens (primary N) is 1. The molecule has 0 saturated heterocycles. The molecule has 0 spiro atoms. The van der Waals surface area contributed by atoms with Crippen molar-refractivity contribution < 1.29 is 9.59 Å². The standard InChI is InChI=1S/C19H17N3O2/c1-2-18(24)21-13-7-5-6-12(10-13)17(23)11-15-14-8-3-4-9-16(14)22-19(15)20/h3-11H,2H2,1H3,(H2,20,22)(H,21,24)/b15-11+. The van der Waals surface area contributed by atoms with E-state index in [4.69, 9.17) is 5.73 Å². The van der Waals surface area contributed by atoms with Crippen molar-refractivity contribution in [1.82, 2.24) is 0 Å².